The molecule has 3 aromatic rings. The van der Waals surface area contributed by atoms with Gasteiger partial charge in [-0.05, 0) is 27.8 Å². The van der Waals surface area contributed by atoms with Gasteiger partial charge in [0, 0.05) is 10.9 Å². The third-order valence-corrected chi connectivity index (χ3v) is 4.55. The second-order valence-corrected chi connectivity index (χ2v) is 5.75. The molecule has 2 nitrogen and oxygen atoms in total. The molecule has 4 rings (SSSR count). The summed E-state index contributed by atoms with van der Waals surface area (Å²) in [6, 6.07) is 14.2. The molecule has 3 aromatic carbocycles. The lowest BCUT2D eigenvalue weighted by Crippen LogP contribution is -2.19. The number of fused-ring (bicyclic) bond motifs is 4. The molecule has 0 radical (unpaired) electrons. The molecule has 21 heavy (non-hydrogen) atoms. The Kier molecular flexibility index (Phi) is 2.79. The van der Waals surface area contributed by atoms with Gasteiger partial charge in [0.25, 0.3) is 0 Å². The molecule has 1 aliphatic carbocycles. The normalized spacial score (nSPS) is 20.9. The molecule has 0 heterocycles. The summed E-state index contributed by atoms with van der Waals surface area (Å²) in [5.41, 5.74) is 1.47. The summed E-state index contributed by atoms with van der Waals surface area (Å²) >= 11 is 6.52. The van der Waals surface area contributed by atoms with Gasteiger partial charge in [-0.15, -0.1) is 0 Å². The summed E-state index contributed by atoms with van der Waals surface area (Å²) in [4.78, 5) is 0. The van der Waals surface area contributed by atoms with Crippen LogP contribution in [0.4, 0.5) is 0 Å². The molecule has 0 aliphatic heterocycles. The fraction of sp³-hybridized carbons (Fsp3) is 0.111. The van der Waals surface area contributed by atoms with Crippen molar-refractivity contribution in [1.82, 2.24) is 0 Å². The van der Waals surface area contributed by atoms with Gasteiger partial charge in [0.1, 0.15) is 12.2 Å². The Balaban J connectivity index is 2.16. The first kappa shape index (κ1) is 12.8. The van der Waals surface area contributed by atoms with Gasteiger partial charge in [0.15, 0.2) is 0 Å². The van der Waals surface area contributed by atoms with E-state index < -0.39 is 12.2 Å². The zero-order valence-electron chi connectivity index (χ0n) is 11.1. The van der Waals surface area contributed by atoms with E-state index in [4.69, 9.17) is 11.6 Å². The number of hydrogen-bond donors (Lipinski definition) is 2. The summed E-state index contributed by atoms with van der Waals surface area (Å²) in [6.45, 7) is 0. The van der Waals surface area contributed by atoms with E-state index in [1.54, 1.807) is 6.08 Å². The molecule has 0 unspecified atom stereocenters. The second-order valence-electron chi connectivity index (χ2n) is 5.37. The van der Waals surface area contributed by atoms with Crippen LogP contribution < -0.4 is 0 Å². The fourth-order valence-electron chi connectivity index (χ4n) is 3.06. The molecule has 0 bridgehead atoms. The Morgan fingerprint density at radius 3 is 2.57 bits per heavy atom. The molecule has 0 saturated carbocycles. The Hall–Kier alpha value is -1.87. The zero-order valence-corrected chi connectivity index (χ0v) is 11.9. The van der Waals surface area contributed by atoms with Crippen LogP contribution in [0.5, 0.6) is 0 Å². The van der Waals surface area contributed by atoms with Crippen LogP contribution in [0.15, 0.2) is 48.5 Å². The molecule has 2 N–H and O–H groups in total. The van der Waals surface area contributed by atoms with Crippen molar-refractivity contribution in [3.05, 3.63) is 64.7 Å². The van der Waals surface area contributed by atoms with E-state index in [1.807, 2.05) is 36.4 Å². The summed E-state index contributed by atoms with van der Waals surface area (Å²) in [5.74, 6) is 0. The maximum Gasteiger partial charge on any atom is 0.110 e. The van der Waals surface area contributed by atoms with Gasteiger partial charge in [-0.1, -0.05) is 60.2 Å². The topological polar surface area (TPSA) is 40.5 Å². The number of aliphatic hydroxyl groups excluding tert-OH is 2. The molecule has 0 amide bonds. The Morgan fingerprint density at radius 1 is 0.905 bits per heavy atom. The third-order valence-electron chi connectivity index (χ3n) is 4.15. The maximum absolute atomic E-state index is 10.2. The predicted molar refractivity (Wildman–Crippen MR) is 86.5 cm³/mol. The van der Waals surface area contributed by atoms with E-state index in [0.29, 0.717) is 10.6 Å². The predicted octanol–water partition coefficient (Wildman–Crippen LogP) is 4.07. The van der Waals surface area contributed by atoms with E-state index in [9.17, 15) is 10.2 Å². The van der Waals surface area contributed by atoms with Crippen molar-refractivity contribution < 1.29 is 10.2 Å². The molecular formula is C18H13ClO2. The highest BCUT2D eigenvalue weighted by Gasteiger charge is 2.26. The van der Waals surface area contributed by atoms with E-state index in [1.165, 1.54) is 0 Å². The van der Waals surface area contributed by atoms with Crippen LogP contribution in [0.2, 0.25) is 5.02 Å². The highest BCUT2D eigenvalue weighted by molar-refractivity contribution is 6.37. The van der Waals surface area contributed by atoms with Crippen LogP contribution in [0.1, 0.15) is 17.2 Å². The van der Waals surface area contributed by atoms with Crippen molar-refractivity contribution in [3.63, 3.8) is 0 Å². The van der Waals surface area contributed by atoms with Gasteiger partial charge in [-0.2, -0.15) is 0 Å². The molecule has 0 spiro atoms. The van der Waals surface area contributed by atoms with Crippen molar-refractivity contribution >= 4 is 39.2 Å². The van der Waals surface area contributed by atoms with Crippen LogP contribution in [0, 0.1) is 0 Å². The molecule has 0 fully saturated rings. The van der Waals surface area contributed by atoms with E-state index >= 15 is 0 Å². The van der Waals surface area contributed by atoms with Gasteiger partial charge < -0.3 is 10.2 Å². The van der Waals surface area contributed by atoms with Crippen molar-refractivity contribution in [2.24, 2.45) is 0 Å². The minimum atomic E-state index is -0.978. The van der Waals surface area contributed by atoms with Crippen molar-refractivity contribution in [2.45, 2.75) is 12.2 Å². The molecule has 104 valence electrons. The minimum absolute atomic E-state index is 0.518. The molecule has 0 saturated heterocycles. The standard InChI is InChI=1S/C18H13ClO2/c19-17-13-7-5-10-3-1-2-4-12(10)14(13)9-11-6-8-15(20)18(21)16(11)17/h1-9,15,18,20-21H/t15-,18+/m1/s1. The lowest BCUT2D eigenvalue weighted by atomic mass is 9.89. The van der Waals surface area contributed by atoms with Crippen LogP contribution in [0.3, 0.4) is 0 Å². The van der Waals surface area contributed by atoms with Crippen molar-refractivity contribution in [3.8, 4) is 0 Å². The molecular weight excluding hydrogens is 284 g/mol. The second kappa shape index (κ2) is 4.57. The van der Waals surface area contributed by atoms with Crippen LogP contribution in [-0.2, 0) is 0 Å². The van der Waals surface area contributed by atoms with Gasteiger partial charge in [-0.25, -0.2) is 0 Å². The van der Waals surface area contributed by atoms with Gasteiger partial charge >= 0.3 is 0 Å². The lowest BCUT2D eigenvalue weighted by molar-refractivity contribution is 0.0472. The number of halogens is 1. The number of benzene rings is 3. The van der Waals surface area contributed by atoms with E-state index in [-0.39, 0.29) is 0 Å². The molecule has 0 aromatic heterocycles. The molecule has 3 heteroatoms. The summed E-state index contributed by atoms with van der Waals surface area (Å²) in [6.07, 6.45) is 1.53. The van der Waals surface area contributed by atoms with Crippen LogP contribution >= 0.6 is 11.6 Å². The Morgan fingerprint density at radius 2 is 1.71 bits per heavy atom. The highest BCUT2D eigenvalue weighted by Crippen LogP contribution is 2.40. The Bertz CT molecular complexity index is 898. The van der Waals surface area contributed by atoms with Crippen molar-refractivity contribution in [1.29, 1.82) is 0 Å². The number of aliphatic hydroxyl groups is 2. The first-order valence-corrected chi connectivity index (χ1v) is 7.23. The van der Waals surface area contributed by atoms with Gasteiger partial charge in [0.05, 0.1) is 5.02 Å². The number of hydrogen-bond acceptors (Lipinski definition) is 2. The first-order chi connectivity index (χ1) is 10.2. The summed E-state index contributed by atoms with van der Waals surface area (Å²) < 4.78 is 0. The van der Waals surface area contributed by atoms with Crippen LogP contribution in [-0.4, -0.2) is 16.3 Å². The van der Waals surface area contributed by atoms with E-state index in [2.05, 4.69) is 12.1 Å². The zero-order chi connectivity index (χ0) is 14.6. The van der Waals surface area contributed by atoms with Crippen LogP contribution in [0.25, 0.3) is 27.6 Å². The minimum Gasteiger partial charge on any atom is -0.386 e. The highest BCUT2D eigenvalue weighted by atomic mass is 35.5. The first-order valence-electron chi connectivity index (χ1n) is 6.85. The smallest absolute Gasteiger partial charge is 0.110 e. The fourth-order valence-corrected chi connectivity index (χ4v) is 3.45. The summed E-state index contributed by atoms with van der Waals surface area (Å²) in [7, 11) is 0. The average molecular weight is 297 g/mol. The molecule has 2 atom stereocenters. The largest absolute Gasteiger partial charge is 0.386 e. The van der Waals surface area contributed by atoms with Gasteiger partial charge in [-0.3, -0.25) is 0 Å². The summed E-state index contributed by atoms with van der Waals surface area (Å²) in [5, 5.41) is 24.8. The van der Waals surface area contributed by atoms with Gasteiger partial charge in [0.2, 0.25) is 0 Å². The Labute approximate surface area is 126 Å². The quantitative estimate of drug-likeness (QED) is 0.614. The molecule has 1 aliphatic rings. The van der Waals surface area contributed by atoms with Crippen molar-refractivity contribution in [2.75, 3.05) is 0 Å². The SMILES string of the molecule is O[C@@H]1C=Cc2cc3c(ccc4ccccc43)c(Cl)c2[C@H]1O. The lowest BCUT2D eigenvalue weighted by Gasteiger charge is -2.24. The van der Waals surface area contributed by atoms with E-state index in [0.717, 1.165) is 27.1 Å². The third kappa shape index (κ3) is 1.80. The average Bonchev–Trinajstić information content (AvgIpc) is 2.51. The number of rotatable bonds is 0. The monoisotopic (exact) mass is 296 g/mol. The maximum atomic E-state index is 10.2.